The van der Waals surface area contributed by atoms with E-state index in [2.05, 4.69) is 32.0 Å². The first kappa shape index (κ1) is 17.1. The van der Waals surface area contributed by atoms with Crippen LogP contribution < -0.4 is 0 Å². The maximum atomic E-state index is 12.0. The van der Waals surface area contributed by atoms with Crippen LogP contribution >= 0.6 is 11.8 Å². The maximum absolute atomic E-state index is 12.0. The van der Waals surface area contributed by atoms with Gasteiger partial charge in [0.2, 0.25) is 5.91 Å². The van der Waals surface area contributed by atoms with Crippen molar-refractivity contribution in [3.63, 3.8) is 0 Å². The van der Waals surface area contributed by atoms with Crippen LogP contribution in [0.1, 0.15) is 30.9 Å². The second kappa shape index (κ2) is 9.03. The molecular formula is C16H25NO2S. The number of thioether (sulfide) groups is 1. The zero-order valence-corrected chi connectivity index (χ0v) is 13.5. The minimum absolute atomic E-state index is 0.140. The Balaban J connectivity index is 2.38. The van der Waals surface area contributed by atoms with E-state index in [1.807, 2.05) is 11.8 Å². The molecule has 0 unspecified atom stereocenters. The summed E-state index contributed by atoms with van der Waals surface area (Å²) in [7, 11) is 0. The van der Waals surface area contributed by atoms with Gasteiger partial charge in [-0.1, -0.05) is 6.07 Å². The van der Waals surface area contributed by atoms with Gasteiger partial charge in [-0.25, -0.2) is 0 Å². The Kier molecular flexibility index (Phi) is 7.70. The van der Waals surface area contributed by atoms with Crippen LogP contribution in [0.4, 0.5) is 0 Å². The van der Waals surface area contributed by atoms with Gasteiger partial charge < -0.3 is 10.0 Å². The highest BCUT2D eigenvalue weighted by Crippen LogP contribution is 2.21. The lowest BCUT2D eigenvalue weighted by Gasteiger charge is -2.20. The highest BCUT2D eigenvalue weighted by Gasteiger charge is 2.10. The van der Waals surface area contributed by atoms with E-state index in [1.165, 1.54) is 16.0 Å². The fraction of sp³-hybridized carbons (Fsp3) is 0.562. The lowest BCUT2D eigenvalue weighted by molar-refractivity contribution is -0.130. The van der Waals surface area contributed by atoms with Crippen LogP contribution in [0.5, 0.6) is 0 Å². The Morgan fingerprint density at radius 3 is 2.65 bits per heavy atom. The Labute approximate surface area is 126 Å². The summed E-state index contributed by atoms with van der Waals surface area (Å²) in [6.45, 7) is 7.70. The molecule has 0 spiro atoms. The van der Waals surface area contributed by atoms with Crippen LogP contribution in [0, 0.1) is 13.8 Å². The summed E-state index contributed by atoms with van der Waals surface area (Å²) in [5.74, 6) is 0.981. The number of rotatable bonds is 8. The number of carbonyl (C=O) groups excluding carboxylic acids is 1. The van der Waals surface area contributed by atoms with Crippen LogP contribution in [-0.4, -0.2) is 41.4 Å². The first-order valence-electron chi connectivity index (χ1n) is 7.17. The van der Waals surface area contributed by atoms with Crippen molar-refractivity contribution in [3.05, 3.63) is 29.3 Å². The summed E-state index contributed by atoms with van der Waals surface area (Å²) in [6, 6.07) is 6.41. The summed E-state index contributed by atoms with van der Waals surface area (Å²) in [4.78, 5) is 15.1. The number of aliphatic hydroxyl groups is 1. The quantitative estimate of drug-likeness (QED) is 0.750. The molecule has 4 heteroatoms. The summed E-state index contributed by atoms with van der Waals surface area (Å²) in [5, 5.41) is 8.82. The SMILES string of the molecule is CCN(CCCO)C(=O)CCSc1ccc(C)c(C)c1. The van der Waals surface area contributed by atoms with Crippen LogP contribution in [0.2, 0.25) is 0 Å². The predicted octanol–water partition coefficient (Wildman–Crippen LogP) is 3.02. The van der Waals surface area contributed by atoms with Crippen molar-refractivity contribution < 1.29 is 9.90 Å². The summed E-state index contributed by atoms with van der Waals surface area (Å²) < 4.78 is 0. The van der Waals surface area contributed by atoms with E-state index >= 15 is 0 Å². The standard InChI is InChI=1S/C16H25NO2S/c1-4-17(9-5-10-18)16(19)8-11-20-15-7-6-13(2)14(3)12-15/h6-7,12,18H,4-5,8-11H2,1-3H3. The average Bonchev–Trinajstić information content (AvgIpc) is 2.43. The van der Waals surface area contributed by atoms with Crippen molar-refractivity contribution in [1.82, 2.24) is 4.90 Å². The van der Waals surface area contributed by atoms with Crippen molar-refractivity contribution in [2.75, 3.05) is 25.4 Å². The van der Waals surface area contributed by atoms with Crippen molar-refractivity contribution in [2.24, 2.45) is 0 Å². The van der Waals surface area contributed by atoms with Gasteiger partial charge in [0.25, 0.3) is 0 Å². The van der Waals surface area contributed by atoms with Gasteiger partial charge in [0.05, 0.1) is 0 Å². The molecule has 0 bridgehead atoms. The molecule has 0 radical (unpaired) electrons. The molecule has 112 valence electrons. The van der Waals surface area contributed by atoms with Gasteiger partial charge in [0.1, 0.15) is 0 Å². The van der Waals surface area contributed by atoms with Crippen LogP contribution in [0.15, 0.2) is 23.1 Å². The van der Waals surface area contributed by atoms with Gasteiger partial charge in [-0.15, -0.1) is 11.8 Å². The van der Waals surface area contributed by atoms with E-state index in [4.69, 9.17) is 5.11 Å². The van der Waals surface area contributed by atoms with Gasteiger partial charge in [-0.05, 0) is 50.5 Å². The molecule has 0 atom stereocenters. The lowest BCUT2D eigenvalue weighted by Crippen LogP contribution is -2.32. The van der Waals surface area contributed by atoms with Gasteiger partial charge in [0, 0.05) is 36.8 Å². The Hall–Kier alpha value is -1.00. The number of amides is 1. The molecule has 1 rings (SSSR count). The summed E-state index contributed by atoms with van der Waals surface area (Å²) >= 11 is 1.73. The zero-order valence-electron chi connectivity index (χ0n) is 12.7. The van der Waals surface area contributed by atoms with E-state index < -0.39 is 0 Å². The fourth-order valence-electron chi connectivity index (χ4n) is 1.94. The monoisotopic (exact) mass is 295 g/mol. The maximum Gasteiger partial charge on any atom is 0.223 e. The van der Waals surface area contributed by atoms with Gasteiger partial charge >= 0.3 is 0 Å². The number of hydrogen-bond acceptors (Lipinski definition) is 3. The molecule has 1 aromatic carbocycles. The molecular weight excluding hydrogens is 270 g/mol. The van der Waals surface area contributed by atoms with Crippen molar-refractivity contribution in [3.8, 4) is 0 Å². The second-order valence-corrected chi connectivity index (χ2v) is 6.06. The fourth-order valence-corrected chi connectivity index (χ4v) is 2.88. The minimum atomic E-state index is 0.140. The molecule has 0 aromatic heterocycles. The molecule has 3 nitrogen and oxygen atoms in total. The van der Waals surface area contributed by atoms with Gasteiger partial charge in [-0.3, -0.25) is 4.79 Å². The van der Waals surface area contributed by atoms with Crippen molar-refractivity contribution >= 4 is 17.7 Å². The highest BCUT2D eigenvalue weighted by molar-refractivity contribution is 7.99. The first-order valence-corrected chi connectivity index (χ1v) is 8.15. The number of hydrogen-bond donors (Lipinski definition) is 1. The van der Waals surface area contributed by atoms with Gasteiger partial charge in [0.15, 0.2) is 0 Å². The van der Waals surface area contributed by atoms with Crippen LogP contribution in [0.3, 0.4) is 0 Å². The first-order chi connectivity index (χ1) is 9.58. The molecule has 1 amide bonds. The van der Waals surface area contributed by atoms with Gasteiger partial charge in [-0.2, -0.15) is 0 Å². The van der Waals surface area contributed by atoms with Crippen LogP contribution in [0.25, 0.3) is 0 Å². The van der Waals surface area contributed by atoms with E-state index in [0.29, 0.717) is 25.9 Å². The topological polar surface area (TPSA) is 40.5 Å². The molecule has 1 aromatic rings. The van der Waals surface area contributed by atoms with E-state index in [1.54, 1.807) is 11.8 Å². The number of aryl methyl sites for hydroxylation is 2. The van der Waals surface area contributed by atoms with E-state index in [9.17, 15) is 4.79 Å². The van der Waals surface area contributed by atoms with Crippen LogP contribution in [-0.2, 0) is 4.79 Å². The predicted molar refractivity (Wildman–Crippen MR) is 85.2 cm³/mol. The molecule has 20 heavy (non-hydrogen) atoms. The highest BCUT2D eigenvalue weighted by atomic mass is 32.2. The Morgan fingerprint density at radius 2 is 2.05 bits per heavy atom. The Bertz CT molecular complexity index is 434. The van der Waals surface area contributed by atoms with E-state index in [-0.39, 0.29) is 12.5 Å². The molecule has 0 aliphatic heterocycles. The molecule has 0 saturated carbocycles. The molecule has 0 saturated heterocycles. The third-order valence-corrected chi connectivity index (χ3v) is 4.38. The molecule has 0 fully saturated rings. The molecule has 1 N–H and O–H groups in total. The Morgan fingerprint density at radius 1 is 1.30 bits per heavy atom. The van der Waals surface area contributed by atoms with Crippen molar-refractivity contribution in [1.29, 1.82) is 0 Å². The molecule has 0 aliphatic carbocycles. The average molecular weight is 295 g/mol. The summed E-state index contributed by atoms with van der Waals surface area (Å²) in [6.07, 6.45) is 1.21. The smallest absolute Gasteiger partial charge is 0.223 e. The molecule has 0 heterocycles. The number of aliphatic hydroxyl groups excluding tert-OH is 1. The number of nitrogens with zero attached hydrogens (tertiary/aromatic N) is 1. The largest absolute Gasteiger partial charge is 0.396 e. The number of carbonyl (C=O) groups is 1. The second-order valence-electron chi connectivity index (χ2n) is 4.90. The summed E-state index contributed by atoms with van der Waals surface area (Å²) in [5.41, 5.74) is 2.59. The molecule has 0 aliphatic rings. The number of benzene rings is 1. The zero-order chi connectivity index (χ0) is 15.0. The lowest BCUT2D eigenvalue weighted by atomic mass is 10.1. The van der Waals surface area contributed by atoms with E-state index in [0.717, 1.165) is 5.75 Å². The minimum Gasteiger partial charge on any atom is -0.396 e. The third-order valence-electron chi connectivity index (χ3n) is 3.38. The normalized spacial score (nSPS) is 10.6. The third kappa shape index (κ3) is 5.55. The van der Waals surface area contributed by atoms with Crippen molar-refractivity contribution in [2.45, 2.75) is 38.5 Å².